The van der Waals surface area contributed by atoms with E-state index in [0.29, 0.717) is 6.07 Å². The van der Waals surface area contributed by atoms with Gasteiger partial charge in [-0.2, -0.15) is 13.2 Å². The van der Waals surface area contributed by atoms with Crippen molar-refractivity contribution in [1.82, 2.24) is 9.97 Å². The second-order valence-electron chi connectivity index (χ2n) is 3.46. The van der Waals surface area contributed by atoms with Gasteiger partial charge in [-0.25, -0.2) is 9.97 Å². The number of benzene rings is 1. The molecule has 8 heteroatoms. The van der Waals surface area contributed by atoms with E-state index in [0.717, 1.165) is 6.07 Å². The number of alkyl halides is 3. The monoisotopic (exact) mass is 290 g/mol. The highest BCUT2D eigenvalue weighted by Crippen LogP contribution is 2.38. The predicted molar refractivity (Wildman–Crippen MR) is 60.2 cm³/mol. The second kappa shape index (κ2) is 4.93. The number of nitrogens with zero attached hydrogens (tertiary/aromatic N) is 2. The largest absolute Gasteiger partial charge is 0.507 e. The van der Waals surface area contributed by atoms with Crippen LogP contribution in [0.4, 0.5) is 13.2 Å². The van der Waals surface area contributed by atoms with Gasteiger partial charge >= 0.3 is 12.2 Å². The highest BCUT2D eigenvalue weighted by Gasteiger charge is 2.34. The minimum Gasteiger partial charge on any atom is -0.507 e. The molecule has 2 aromatic rings. The fourth-order valence-corrected chi connectivity index (χ4v) is 1.36. The number of phenolic OH excluding ortho intramolecular Hbond substituents is 1. The molecule has 0 aliphatic carbocycles. The third-order valence-electron chi connectivity index (χ3n) is 2.08. The number of aromatic hydroxyl groups is 1. The van der Waals surface area contributed by atoms with Gasteiger partial charge < -0.3 is 9.84 Å². The van der Waals surface area contributed by atoms with Crippen LogP contribution in [-0.2, 0) is 6.18 Å². The Kier molecular flexibility index (Phi) is 3.48. The molecule has 19 heavy (non-hydrogen) atoms. The van der Waals surface area contributed by atoms with Gasteiger partial charge in [-0.05, 0) is 18.2 Å². The summed E-state index contributed by atoms with van der Waals surface area (Å²) < 4.78 is 42.7. The third kappa shape index (κ3) is 3.25. The second-order valence-corrected chi connectivity index (χ2v) is 3.90. The molecule has 0 bridgehead atoms. The van der Waals surface area contributed by atoms with Crippen molar-refractivity contribution in [2.24, 2.45) is 0 Å². The lowest BCUT2D eigenvalue weighted by atomic mass is 10.2. The van der Waals surface area contributed by atoms with E-state index in [4.69, 9.17) is 21.4 Å². The summed E-state index contributed by atoms with van der Waals surface area (Å²) in [5.74, 6) is -1.02. The van der Waals surface area contributed by atoms with Crippen LogP contribution in [-0.4, -0.2) is 15.1 Å². The van der Waals surface area contributed by atoms with Gasteiger partial charge in [0.2, 0.25) is 0 Å². The molecule has 0 atom stereocenters. The maximum Gasteiger partial charge on any atom is 0.420 e. The molecule has 0 aliphatic heterocycles. The van der Waals surface area contributed by atoms with Crippen LogP contribution < -0.4 is 4.74 Å². The van der Waals surface area contributed by atoms with Crippen LogP contribution in [0.15, 0.2) is 30.6 Å². The minimum atomic E-state index is -4.68. The maximum absolute atomic E-state index is 12.6. The third-order valence-corrected chi connectivity index (χ3v) is 2.27. The smallest absolute Gasteiger partial charge is 0.420 e. The molecular weight excluding hydrogens is 285 g/mol. The molecule has 0 unspecified atom stereocenters. The van der Waals surface area contributed by atoms with Crippen LogP contribution in [0.2, 0.25) is 5.02 Å². The van der Waals surface area contributed by atoms with Gasteiger partial charge in [0.1, 0.15) is 17.1 Å². The number of hydrogen-bond acceptors (Lipinski definition) is 4. The molecule has 2 rings (SSSR count). The highest BCUT2D eigenvalue weighted by molar-refractivity contribution is 6.30. The zero-order valence-corrected chi connectivity index (χ0v) is 9.90. The Hall–Kier alpha value is -2.02. The van der Waals surface area contributed by atoms with E-state index < -0.39 is 17.5 Å². The van der Waals surface area contributed by atoms with Gasteiger partial charge in [0.05, 0.1) is 17.4 Å². The average Bonchev–Trinajstić information content (AvgIpc) is 2.33. The lowest BCUT2D eigenvalue weighted by Crippen LogP contribution is -2.05. The standard InChI is InChI=1S/C11H6ClF3N2O2/c12-6-4-16-10(17-5-6)19-7-1-2-9(18)8(3-7)11(13,14)15/h1-5,18H. The topological polar surface area (TPSA) is 55.2 Å². The Labute approximate surface area is 110 Å². The first kappa shape index (κ1) is 13.4. The van der Waals surface area contributed by atoms with Crippen molar-refractivity contribution >= 4 is 11.6 Å². The zero-order valence-electron chi connectivity index (χ0n) is 9.15. The van der Waals surface area contributed by atoms with Crippen molar-refractivity contribution in [2.45, 2.75) is 6.18 Å². The van der Waals surface area contributed by atoms with Gasteiger partial charge in [-0.15, -0.1) is 0 Å². The number of ether oxygens (including phenoxy) is 1. The Bertz CT molecular complexity index is 587. The zero-order chi connectivity index (χ0) is 14.0. The molecule has 0 saturated heterocycles. The highest BCUT2D eigenvalue weighted by atomic mass is 35.5. The molecular formula is C11H6ClF3N2O2. The van der Waals surface area contributed by atoms with Gasteiger partial charge in [0.15, 0.2) is 0 Å². The van der Waals surface area contributed by atoms with E-state index in [1.165, 1.54) is 18.5 Å². The molecule has 0 saturated carbocycles. The van der Waals surface area contributed by atoms with E-state index >= 15 is 0 Å². The lowest BCUT2D eigenvalue weighted by Gasteiger charge is -2.10. The van der Waals surface area contributed by atoms with Crippen molar-refractivity contribution in [3.8, 4) is 17.5 Å². The first-order valence-electron chi connectivity index (χ1n) is 4.92. The van der Waals surface area contributed by atoms with Gasteiger partial charge in [-0.1, -0.05) is 11.6 Å². The van der Waals surface area contributed by atoms with Gasteiger partial charge in [0, 0.05) is 0 Å². The van der Waals surface area contributed by atoms with E-state index in [2.05, 4.69) is 9.97 Å². The fourth-order valence-electron chi connectivity index (χ4n) is 1.26. The number of phenols is 1. The van der Waals surface area contributed by atoms with Crippen LogP contribution in [0, 0.1) is 0 Å². The first-order chi connectivity index (χ1) is 8.86. The summed E-state index contributed by atoms with van der Waals surface area (Å²) in [6, 6.07) is 2.56. The van der Waals surface area contributed by atoms with Crippen molar-refractivity contribution in [2.75, 3.05) is 0 Å². The number of rotatable bonds is 2. The molecule has 0 spiro atoms. The number of halogens is 4. The number of hydrogen-bond donors (Lipinski definition) is 1. The molecule has 100 valence electrons. The summed E-state index contributed by atoms with van der Waals surface area (Å²) in [5, 5.41) is 9.42. The first-order valence-corrected chi connectivity index (χ1v) is 5.29. The van der Waals surface area contributed by atoms with Crippen molar-refractivity contribution < 1.29 is 23.0 Å². The molecule has 1 heterocycles. The van der Waals surface area contributed by atoms with Crippen LogP contribution in [0.25, 0.3) is 0 Å². The lowest BCUT2D eigenvalue weighted by molar-refractivity contribution is -0.138. The van der Waals surface area contributed by atoms with Gasteiger partial charge in [-0.3, -0.25) is 0 Å². The van der Waals surface area contributed by atoms with Crippen LogP contribution in [0.1, 0.15) is 5.56 Å². The van der Waals surface area contributed by atoms with Crippen LogP contribution >= 0.6 is 11.6 Å². The Morgan fingerprint density at radius 2 is 1.79 bits per heavy atom. The number of aromatic nitrogens is 2. The fraction of sp³-hybridized carbons (Fsp3) is 0.0909. The van der Waals surface area contributed by atoms with E-state index in [-0.39, 0.29) is 16.8 Å². The SMILES string of the molecule is Oc1ccc(Oc2ncc(Cl)cn2)cc1C(F)(F)F. The molecule has 4 nitrogen and oxygen atoms in total. The Balaban J connectivity index is 2.29. The molecule has 0 amide bonds. The maximum atomic E-state index is 12.6. The predicted octanol–water partition coefficient (Wildman–Crippen LogP) is 3.65. The summed E-state index contributed by atoms with van der Waals surface area (Å²) >= 11 is 5.56. The van der Waals surface area contributed by atoms with Crippen LogP contribution in [0.3, 0.4) is 0 Å². The summed E-state index contributed by atoms with van der Waals surface area (Å²) in [4.78, 5) is 7.36. The summed E-state index contributed by atoms with van der Waals surface area (Å²) in [6.45, 7) is 0. The Morgan fingerprint density at radius 3 is 2.37 bits per heavy atom. The van der Waals surface area contributed by atoms with Crippen molar-refractivity contribution in [3.05, 3.63) is 41.2 Å². The molecule has 0 radical (unpaired) electrons. The van der Waals surface area contributed by atoms with Crippen molar-refractivity contribution in [1.29, 1.82) is 0 Å². The van der Waals surface area contributed by atoms with E-state index in [1.807, 2.05) is 0 Å². The molecule has 1 N–H and O–H groups in total. The van der Waals surface area contributed by atoms with Gasteiger partial charge in [0.25, 0.3) is 0 Å². The van der Waals surface area contributed by atoms with E-state index in [1.54, 1.807) is 0 Å². The summed E-state index contributed by atoms with van der Waals surface area (Å²) in [7, 11) is 0. The molecule has 0 fully saturated rings. The molecule has 1 aromatic carbocycles. The minimum absolute atomic E-state index is 0.146. The Morgan fingerprint density at radius 1 is 1.16 bits per heavy atom. The molecule has 1 aromatic heterocycles. The van der Waals surface area contributed by atoms with E-state index in [9.17, 15) is 13.2 Å². The van der Waals surface area contributed by atoms with Crippen molar-refractivity contribution in [3.63, 3.8) is 0 Å². The summed E-state index contributed by atoms with van der Waals surface area (Å²) in [5.41, 5.74) is -1.20. The summed E-state index contributed by atoms with van der Waals surface area (Å²) in [6.07, 6.45) is -2.19. The van der Waals surface area contributed by atoms with Crippen LogP contribution in [0.5, 0.6) is 17.5 Å². The molecule has 0 aliphatic rings. The quantitative estimate of drug-likeness (QED) is 0.917. The normalized spacial score (nSPS) is 11.4. The average molecular weight is 291 g/mol.